The van der Waals surface area contributed by atoms with Gasteiger partial charge in [0.05, 0.1) is 11.2 Å². The predicted octanol–water partition coefficient (Wildman–Crippen LogP) is 1.96. The highest BCUT2D eigenvalue weighted by atomic mass is 32.1. The van der Waals surface area contributed by atoms with Gasteiger partial charge in [-0.15, -0.1) is 11.3 Å². The SMILES string of the molecule is CN(Cc1cscn1)CC1NCC2CCCC21. The average molecular weight is 251 g/mol. The largest absolute Gasteiger partial charge is 0.312 e. The maximum absolute atomic E-state index is 4.35. The maximum Gasteiger partial charge on any atom is 0.0795 e. The molecule has 0 spiro atoms. The summed E-state index contributed by atoms with van der Waals surface area (Å²) < 4.78 is 0. The van der Waals surface area contributed by atoms with Gasteiger partial charge in [0.15, 0.2) is 0 Å². The van der Waals surface area contributed by atoms with E-state index in [1.165, 1.54) is 38.0 Å². The summed E-state index contributed by atoms with van der Waals surface area (Å²) in [4.78, 5) is 6.76. The molecular formula is C13H21N3S. The summed E-state index contributed by atoms with van der Waals surface area (Å²) in [5.41, 5.74) is 3.13. The van der Waals surface area contributed by atoms with Gasteiger partial charge in [-0.1, -0.05) is 6.42 Å². The molecule has 2 fully saturated rings. The van der Waals surface area contributed by atoms with Crippen molar-refractivity contribution in [2.45, 2.75) is 31.8 Å². The van der Waals surface area contributed by atoms with Crippen molar-refractivity contribution < 1.29 is 0 Å². The second-order valence-electron chi connectivity index (χ2n) is 5.55. The summed E-state index contributed by atoms with van der Waals surface area (Å²) in [6, 6.07) is 0.714. The molecule has 2 aliphatic rings. The second kappa shape index (κ2) is 5.04. The van der Waals surface area contributed by atoms with Crippen molar-refractivity contribution in [2.24, 2.45) is 11.8 Å². The number of hydrogen-bond acceptors (Lipinski definition) is 4. The molecule has 2 heterocycles. The molecule has 1 saturated carbocycles. The average Bonchev–Trinajstić information content (AvgIpc) is 2.97. The van der Waals surface area contributed by atoms with Crippen molar-refractivity contribution in [1.82, 2.24) is 15.2 Å². The van der Waals surface area contributed by atoms with Crippen LogP contribution in [0.5, 0.6) is 0 Å². The van der Waals surface area contributed by atoms with E-state index in [0.29, 0.717) is 6.04 Å². The van der Waals surface area contributed by atoms with Crippen molar-refractivity contribution >= 4 is 11.3 Å². The Bertz CT molecular complexity index is 352. The van der Waals surface area contributed by atoms with Crippen LogP contribution >= 0.6 is 11.3 Å². The van der Waals surface area contributed by atoms with Crippen LogP contribution in [0.4, 0.5) is 0 Å². The first-order valence-corrected chi connectivity index (χ1v) is 7.56. The number of nitrogens with one attached hydrogen (secondary N) is 1. The molecule has 17 heavy (non-hydrogen) atoms. The molecule has 3 unspecified atom stereocenters. The van der Waals surface area contributed by atoms with Crippen LogP contribution in [0.2, 0.25) is 0 Å². The molecule has 1 N–H and O–H groups in total. The van der Waals surface area contributed by atoms with Crippen molar-refractivity contribution in [3.8, 4) is 0 Å². The molecule has 1 aromatic rings. The molecule has 0 bridgehead atoms. The lowest BCUT2D eigenvalue weighted by molar-refractivity contribution is 0.257. The molecule has 0 amide bonds. The number of likely N-dealkylation sites (N-methyl/N-ethyl adjacent to an activating group) is 1. The highest BCUT2D eigenvalue weighted by molar-refractivity contribution is 7.07. The molecule has 0 aromatic carbocycles. The molecular weight excluding hydrogens is 230 g/mol. The third-order valence-corrected chi connectivity index (χ3v) is 4.94. The van der Waals surface area contributed by atoms with Crippen LogP contribution < -0.4 is 5.32 Å². The topological polar surface area (TPSA) is 28.2 Å². The van der Waals surface area contributed by atoms with E-state index in [1.807, 2.05) is 5.51 Å². The fourth-order valence-electron chi connectivity index (χ4n) is 3.50. The molecule has 4 heteroatoms. The zero-order valence-electron chi connectivity index (χ0n) is 10.4. The fraction of sp³-hybridized carbons (Fsp3) is 0.769. The van der Waals surface area contributed by atoms with Gasteiger partial charge in [-0.2, -0.15) is 0 Å². The summed E-state index contributed by atoms with van der Waals surface area (Å²) in [7, 11) is 2.21. The smallest absolute Gasteiger partial charge is 0.0795 e. The van der Waals surface area contributed by atoms with E-state index in [4.69, 9.17) is 0 Å². The summed E-state index contributed by atoms with van der Waals surface area (Å²) in [5, 5.41) is 5.86. The van der Waals surface area contributed by atoms with E-state index in [-0.39, 0.29) is 0 Å². The number of aromatic nitrogens is 1. The maximum atomic E-state index is 4.35. The van der Waals surface area contributed by atoms with Crippen LogP contribution in [0.3, 0.4) is 0 Å². The molecule has 0 radical (unpaired) electrons. The zero-order chi connectivity index (χ0) is 11.7. The van der Waals surface area contributed by atoms with Gasteiger partial charge in [-0.25, -0.2) is 4.98 Å². The van der Waals surface area contributed by atoms with E-state index in [9.17, 15) is 0 Å². The van der Waals surface area contributed by atoms with E-state index in [0.717, 1.165) is 18.4 Å². The summed E-state index contributed by atoms with van der Waals surface area (Å²) in [5.74, 6) is 1.90. The van der Waals surface area contributed by atoms with Crippen LogP contribution in [-0.4, -0.2) is 36.1 Å². The first-order valence-electron chi connectivity index (χ1n) is 6.62. The van der Waals surface area contributed by atoms with Gasteiger partial charge in [0.1, 0.15) is 0 Å². The molecule has 1 aromatic heterocycles. The van der Waals surface area contributed by atoms with Crippen molar-refractivity contribution in [3.05, 3.63) is 16.6 Å². The van der Waals surface area contributed by atoms with E-state index in [2.05, 4.69) is 27.6 Å². The number of nitrogens with zero attached hydrogens (tertiary/aromatic N) is 2. The standard InChI is InChI=1S/C13H21N3S/c1-16(6-11-8-17-9-15-11)7-13-12-4-2-3-10(12)5-14-13/h8-10,12-14H,2-7H2,1H3. The van der Waals surface area contributed by atoms with Crippen LogP contribution in [-0.2, 0) is 6.54 Å². The number of thiazole rings is 1. The van der Waals surface area contributed by atoms with Crippen molar-refractivity contribution in [3.63, 3.8) is 0 Å². The van der Waals surface area contributed by atoms with Gasteiger partial charge >= 0.3 is 0 Å². The monoisotopic (exact) mass is 251 g/mol. The van der Waals surface area contributed by atoms with Crippen molar-refractivity contribution in [2.75, 3.05) is 20.1 Å². The Labute approximate surface area is 107 Å². The molecule has 3 atom stereocenters. The molecule has 3 rings (SSSR count). The Morgan fingerprint density at radius 3 is 3.29 bits per heavy atom. The minimum atomic E-state index is 0.714. The molecule has 1 aliphatic heterocycles. The first kappa shape index (κ1) is 11.6. The molecule has 94 valence electrons. The molecule has 1 saturated heterocycles. The lowest BCUT2D eigenvalue weighted by Crippen LogP contribution is -2.38. The number of rotatable bonds is 4. The fourth-order valence-corrected chi connectivity index (χ4v) is 4.04. The van der Waals surface area contributed by atoms with Gasteiger partial charge < -0.3 is 5.32 Å². The summed E-state index contributed by atoms with van der Waals surface area (Å²) in [6.07, 6.45) is 4.33. The van der Waals surface area contributed by atoms with E-state index >= 15 is 0 Å². The highest BCUT2D eigenvalue weighted by Gasteiger charge is 2.38. The summed E-state index contributed by atoms with van der Waals surface area (Å²) in [6.45, 7) is 3.40. The minimum absolute atomic E-state index is 0.714. The van der Waals surface area contributed by atoms with Gasteiger partial charge in [-0.05, 0) is 38.3 Å². The molecule has 3 nitrogen and oxygen atoms in total. The molecule has 1 aliphatic carbocycles. The van der Waals surface area contributed by atoms with Crippen LogP contribution in [0, 0.1) is 11.8 Å². The van der Waals surface area contributed by atoms with Gasteiger partial charge in [-0.3, -0.25) is 4.90 Å². The minimum Gasteiger partial charge on any atom is -0.312 e. The predicted molar refractivity (Wildman–Crippen MR) is 71.1 cm³/mol. The van der Waals surface area contributed by atoms with Crippen LogP contribution in [0.25, 0.3) is 0 Å². The Kier molecular flexibility index (Phi) is 3.45. The van der Waals surface area contributed by atoms with Crippen LogP contribution in [0.15, 0.2) is 10.9 Å². The van der Waals surface area contributed by atoms with Gasteiger partial charge in [0.25, 0.3) is 0 Å². The lowest BCUT2D eigenvalue weighted by atomic mass is 9.94. The van der Waals surface area contributed by atoms with Gasteiger partial charge in [0, 0.05) is 24.5 Å². The summed E-state index contributed by atoms with van der Waals surface area (Å²) >= 11 is 1.69. The third kappa shape index (κ3) is 2.54. The van der Waals surface area contributed by atoms with Crippen LogP contribution in [0.1, 0.15) is 25.0 Å². The van der Waals surface area contributed by atoms with Crippen molar-refractivity contribution in [1.29, 1.82) is 0 Å². The first-order chi connectivity index (χ1) is 8.33. The Morgan fingerprint density at radius 2 is 2.47 bits per heavy atom. The number of hydrogen-bond donors (Lipinski definition) is 1. The van der Waals surface area contributed by atoms with E-state index < -0.39 is 0 Å². The lowest BCUT2D eigenvalue weighted by Gasteiger charge is -2.24. The van der Waals surface area contributed by atoms with E-state index in [1.54, 1.807) is 11.3 Å². The number of fused-ring (bicyclic) bond motifs is 1. The zero-order valence-corrected chi connectivity index (χ0v) is 11.2. The Morgan fingerprint density at radius 1 is 1.53 bits per heavy atom. The quantitative estimate of drug-likeness (QED) is 0.886. The second-order valence-corrected chi connectivity index (χ2v) is 6.26. The normalized spacial score (nSPS) is 32.2. The Hall–Kier alpha value is -0.450. The highest BCUT2D eigenvalue weighted by Crippen LogP contribution is 2.37. The Balaban J connectivity index is 1.53. The van der Waals surface area contributed by atoms with Gasteiger partial charge in [0.2, 0.25) is 0 Å². The third-order valence-electron chi connectivity index (χ3n) is 4.30.